The number of benzene rings is 3. The molecule has 0 atom stereocenters. The Hall–Kier alpha value is -3.60. The molecule has 0 aliphatic carbocycles. The van der Waals surface area contributed by atoms with Gasteiger partial charge in [-0.1, -0.05) is 59.3 Å². The minimum atomic E-state index is -0.226. The molecule has 0 spiro atoms. The molecule has 4 aromatic rings. The van der Waals surface area contributed by atoms with E-state index in [1.807, 2.05) is 50.2 Å². The van der Waals surface area contributed by atoms with Gasteiger partial charge in [0.2, 0.25) is 5.91 Å². The number of hydrogen-bond acceptors (Lipinski definition) is 5. The van der Waals surface area contributed by atoms with E-state index < -0.39 is 0 Å². The molecule has 1 aromatic heterocycles. The van der Waals surface area contributed by atoms with Crippen molar-refractivity contribution < 1.29 is 4.79 Å². The maximum absolute atomic E-state index is 13.5. The zero-order valence-electron chi connectivity index (χ0n) is 19.4. The number of hydrogen-bond donors (Lipinski definition) is 0. The summed E-state index contributed by atoms with van der Waals surface area (Å²) < 4.78 is 1.52. The SMILES string of the molecule is Cc1ccc(N(CCC#N)C(=O)CSc2nc3ccccc3c(=O)n2-c2cccc(Cl)c2C)cc1. The van der Waals surface area contributed by atoms with E-state index >= 15 is 0 Å². The van der Waals surface area contributed by atoms with Crippen LogP contribution in [0.2, 0.25) is 5.02 Å². The van der Waals surface area contributed by atoms with Gasteiger partial charge in [-0.3, -0.25) is 14.2 Å². The van der Waals surface area contributed by atoms with Crippen LogP contribution >= 0.6 is 23.4 Å². The van der Waals surface area contributed by atoms with E-state index in [-0.39, 0.29) is 30.2 Å². The van der Waals surface area contributed by atoms with Crippen molar-refractivity contribution in [3.63, 3.8) is 0 Å². The Kier molecular flexibility index (Phi) is 7.54. The van der Waals surface area contributed by atoms with Gasteiger partial charge in [0.1, 0.15) is 0 Å². The summed E-state index contributed by atoms with van der Waals surface area (Å²) in [5.41, 5.74) is 3.51. The molecule has 6 nitrogen and oxygen atoms in total. The van der Waals surface area contributed by atoms with Gasteiger partial charge in [0.25, 0.3) is 5.56 Å². The molecule has 0 N–H and O–H groups in total. The van der Waals surface area contributed by atoms with Crippen LogP contribution < -0.4 is 10.5 Å². The van der Waals surface area contributed by atoms with Crippen molar-refractivity contribution in [3.05, 3.63) is 93.2 Å². The fourth-order valence-electron chi connectivity index (χ4n) is 3.75. The Morgan fingerprint density at radius 1 is 1.09 bits per heavy atom. The van der Waals surface area contributed by atoms with Crippen molar-refractivity contribution in [3.8, 4) is 11.8 Å². The summed E-state index contributed by atoms with van der Waals surface area (Å²) in [5.74, 6) is -0.130. The minimum Gasteiger partial charge on any atom is -0.311 e. The van der Waals surface area contributed by atoms with Crippen LogP contribution in [0.5, 0.6) is 0 Å². The first-order chi connectivity index (χ1) is 16.9. The first-order valence-corrected chi connectivity index (χ1v) is 12.4. The molecule has 0 bridgehead atoms. The van der Waals surface area contributed by atoms with Crippen LogP contribution in [0.25, 0.3) is 16.6 Å². The first-order valence-electron chi connectivity index (χ1n) is 11.0. The zero-order chi connectivity index (χ0) is 24.9. The van der Waals surface area contributed by atoms with E-state index in [1.165, 1.54) is 16.3 Å². The first kappa shape index (κ1) is 24.5. The average Bonchev–Trinajstić information content (AvgIpc) is 2.86. The summed E-state index contributed by atoms with van der Waals surface area (Å²) >= 11 is 7.54. The Morgan fingerprint density at radius 2 is 1.83 bits per heavy atom. The van der Waals surface area contributed by atoms with Crippen molar-refractivity contribution in [1.29, 1.82) is 5.26 Å². The highest BCUT2D eigenvalue weighted by atomic mass is 35.5. The number of aryl methyl sites for hydroxylation is 1. The molecular weight excluding hydrogens is 480 g/mol. The molecule has 176 valence electrons. The lowest BCUT2D eigenvalue weighted by atomic mass is 10.2. The van der Waals surface area contributed by atoms with Gasteiger partial charge in [-0.15, -0.1) is 0 Å². The van der Waals surface area contributed by atoms with E-state index in [4.69, 9.17) is 21.8 Å². The fourth-order valence-corrected chi connectivity index (χ4v) is 4.80. The van der Waals surface area contributed by atoms with Gasteiger partial charge in [-0.05, 0) is 55.8 Å². The third kappa shape index (κ3) is 5.24. The third-order valence-electron chi connectivity index (χ3n) is 5.64. The normalized spacial score (nSPS) is 10.8. The summed E-state index contributed by atoms with van der Waals surface area (Å²) in [6, 6.07) is 22.2. The Bertz CT molecular complexity index is 1490. The molecule has 8 heteroatoms. The molecule has 0 unspecified atom stereocenters. The average molecular weight is 503 g/mol. The van der Waals surface area contributed by atoms with Gasteiger partial charge in [0.05, 0.1) is 34.8 Å². The summed E-state index contributed by atoms with van der Waals surface area (Å²) in [6.07, 6.45) is 0.213. The predicted octanol–water partition coefficient (Wildman–Crippen LogP) is 5.69. The lowest BCUT2D eigenvalue weighted by Crippen LogP contribution is -2.33. The number of para-hydroxylation sites is 1. The molecule has 0 aliphatic rings. The van der Waals surface area contributed by atoms with Gasteiger partial charge < -0.3 is 4.90 Å². The highest BCUT2D eigenvalue weighted by Crippen LogP contribution is 2.27. The smallest absolute Gasteiger partial charge is 0.266 e. The number of nitriles is 1. The van der Waals surface area contributed by atoms with Crippen LogP contribution in [0.1, 0.15) is 17.5 Å². The molecular formula is C27H23ClN4O2S. The summed E-state index contributed by atoms with van der Waals surface area (Å²) in [4.78, 5) is 33.1. The minimum absolute atomic E-state index is 0.0453. The lowest BCUT2D eigenvalue weighted by molar-refractivity contribution is -0.116. The van der Waals surface area contributed by atoms with Crippen LogP contribution in [0.3, 0.4) is 0 Å². The van der Waals surface area contributed by atoms with Crippen LogP contribution in [0.15, 0.2) is 76.7 Å². The number of rotatable bonds is 7. The zero-order valence-corrected chi connectivity index (χ0v) is 20.9. The van der Waals surface area contributed by atoms with E-state index in [1.54, 1.807) is 35.2 Å². The molecule has 35 heavy (non-hydrogen) atoms. The number of fused-ring (bicyclic) bond motifs is 1. The molecule has 0 saturated heterocycles. The molecule has 0 radical (unpaired) electrons. The number of anilines is 1. The van der Waals surface area contributed by atoms with Crippen LogP contribution in [0.4, 0.5) is 5.69 Å². The van der Waals surface area contributed by atoms with Crippen molar-refractivity contribution in [2.24, 2.45) is 0 Å². The standard InChI is InChI=1S/C27H23ClN4O2S/c1-18-11-13-20(14-12-18)31(16-6-15-29)25(33)17-35-27-30-23-9-4-3-7-21(23)26(34)32(27)24-10-5-8-22(28)19(24)2/h3-5,7-14H,6,16-17H2,1-2H3. The lowest BCUT2D eigenvalue weighted by Gasteiger charge is -2.22. The fraction of sp³-hybridized carbons (Fsp3) is 0.185. The van der Waals surface area contributed by atoms with Crippen molar-refractivity contribution >= 4 is 45.9 Å². The van der Waals surface area contributed by atoms with E-state index in [2.05, 4.69) is 6.07 Å². The molecule has 3 aromatic carbocycles. The van der Waals surface area contributed by atoms with Gasteiger partial charge in [-0.25, -0.2) is 4.98 Å². The third-order valence-corrected chi connectivity index (χ3v) is 6.98. The molecule has 1 heterocycles. The van der Waals surface area contributed by atoms with Crippen LogP contribution in [-0.4, -0.2) is 27.8 Å². The second-order valence-electron chi connectivity index (χ2n) is 8.01. The highest BCUT2D eigenvalue weighted by Gasteiger charge is 2.20. The molecule has 0 saturated carbocycles. The quantitative estimate of drug-likeness (QED) is 0.239. The van der Waals surface area contributed by atoms with Crippen LogP contribution in [0, 0.1) is 25.2 Å². The number of nitrogens with zero attached hydrogens (tertiary/aromatic N) is 4. The predicted molar refractivity (Wildman–Crippen MR) is 142 cm³/mol. The van der Waals surface area contributed by atoms with Gasteiger partial charge in [0.15, 0.2) is 5.16 Å². The molecule has 0 fully saturated rings. The van der Waals surface area contributed by atoms with Crippen LogP contribution in [-0.2, 0) is 4.79 Å². The van der Waals surface area contributed by atoms with Crippen molar-refractivity contribution in [2.45, 2.75) is 25.4 Å². The Labute approximate surface area is 212 Å². The number of carbonyl (C=O) groups is 1. The van der Waals surface area contributed by atoms with E-state index in [0.29, 0.717) is 26.8 Å². The van der Waals surface area contributed by atoms with Gasteiger partial charge in [0, 0.05) is 17.3 Å². The van der Waals surface area contributed by atoms with Gasteiger partial charge >= 0.3 is 0 Å². The number of thioether (sulfide) groups is 1. The summed E-state index contributed by atoms with van der Waals surface area (Å²) in [7, 11) is 0. The Balaban J connectivity index is 1.73. The maximum Gasteiger partial charge on any atom is 0.266 e. The highest BCUT2D eigenvalue weighted by molar-refractivity contribution is 7.99. The molecule has 4 rings (SSSR count). The molecule has 0 aliphatic heterocycles. The monoisotopic (exact) mass is 502 g/mol. The second-order valence-corrected chi connectivity index (χ2v) is 9.36. The number of halogens is 1. The summed E-state index contributed by atoms with van der Waals surface area (Å²) in [6.45, 7) is 4.10. The van der Waals surface area contributed by atoms with E-state index in [9.17, 15) is 9.59 Å². The van der Waals surface area contributed by atoms with E-state index in [0.717, 1.165) is 16.8 Å². The number of aromatic nitrogens is 2. The van der Waals surface area contributed by atoms with Crippen molar-refractivity contribution in [2.75, 3.05) is 17.2 Å². The van der Waals surface area contributed by atoms with Gasteiger partial charge in [-0.2, -0.15) is 5.26 Å². The topological polar surface area (TPSA) is 79.0 Å². The second kappa shape index (κ2) is 10.8. The number of amides is 1. The molecule has 1 amide bonds. The van der Waals surface area contributed by atoms with Crippen molar-refractivity contribution in [1.82, 2.24) is 9.55 Å². The largest absolute Gasteiger partial charge is 0.311 e. The summed E-state index contributed by atoms with van der Waals surface area (Å²) in [5, 5.41) is 10.5. The maximum atomic E-state index is 13.5. The number of carbonyl (C=O) groups excluding carboxylic acids is 1. The Morgan fingerprint density at radius 3 is 2.57 bits per heavy atom.